The molecule has 11 nitrogen and oxygen atoms in total. The molecular formula is C26H34O11S. The lowest BCUT2D eigenvalue weighted by Crippen LogP contribution is -2.20. The summed E-state index contributed by atoms with van der Waals surface area (Å²) < 4.78 is 60.3. The van der Waals surface area contributed by atoms with Crippen LogP contribution in [0.5, 0.6) is 0 Å². The van der Waals surface area contributed by atoms with Crippen molar-refractivity contribution in [1.29, 1.82) is 0 Å². The maximum Gasteiger partial charge on any atom is 0.379 e. The van der Waals surface area contributed by atoms with E-state index >= 15 is 0 Å². The van der Waals surface area contributed by atoms with Crippen LogP contribution in [-0.2, 0) is 47.5 Å². The zero-order chi connectivity index (χ0) is 27.3. The van der Waals surface area contributed by atoms with Crippen LogP contribution in [-0.4, -0.2) is 99.5 Å². The molecule has 0 saturated heterocycles. The summed E-state index contributed by atoms with van der Waals surface area (Å²) in [4.78, 5) is 23.6. The molecule has 0 aliphatic rings. The van der Waals surface area contributed by atoms with E-state index in [0.717, 1.165) is 0 Å². The van der Waals surface area contributed by atoms with Crippen LogP contribution in [0.15, 0.2) is 65.6 Å². The highest BCUT2D eigenvalue weighted by Crippen LogP contribution is 2.10. The van der Waals surface area contributed by atoms with Crippen molar-refractivity contribution >= 4 is 21.9 Å². The van der Waals surface area contributed by atoms with E-state index in [1.54, 1.807) is 48.5 Å². The fourth-order valence-electron chi connectivity index (χ4n) is 2.81. The lowest BCUT2D eigenvalue weighted by Gasteiger charge is -2.08. The predicted molar refractivity (Wildman–Crippen MR) is 135 cm³/mol. The second kappa shape index (κ2) is 19.4. The average molecular weight is 555 g/mol. The van der Waals surface area contributed by atoms with Gasteiger partial charge in [0.2, 0.25) is 0 Å². The summed E-state index contributed by atoms with van der Waals surface area (Å²) in [5.74, 6) is -1.60. The molecule has 0 aliphatic heterocycles. The number of benzene rings is 2. The number of esters is 1. The monoisotopic (exact) mass is 554 g/mol. The van der Waals surface area contributed by atoms with Crippen molar-refractivity contribution in [3.63, 3.8) is 0 Å². The van der Waals surface area contributed by atoms with Crippen molar-refractivity contribution in [2.45, 2.75) is 4.90 Å². The number of rotatable bonds is 22. The second-order valence-corrected chi connectivity index (χ2v) is 9.10. The Hall–Kier alpha value is -2.71. The van der Waals surface area contributed by atoms with Gasteiger partial charge in [-0.15, -0.1) is 0 Å². The van der Waals surface area contributed by atoms with E-state index in [1.165, 1.54) is 12.1 Å². The summed E-state index contributed by atoms with van der Waals surface area (Å²) in [5, 5.41) is 0. The number of Topliss-reactive ketones (excluding diaryl/α,β-unsaturated/α-hetero) is 1. The molecule has 0 aromatic heterocycles. The van der Waals surface area contributed by atoms with E-state index in [-0.39, 0.29) is 36.9 Å². The van der Waals surface area contributed by atoms with Gasteiger partial charge in [-0.25, -0.2) is 4.79 Å². The summed E-state index contributed by atoms with van der Waals surface area (Å²) in [5.41, 5.74) is 0.284. The first-order chi connectivity index (χ1) is 18.5. The molecular weight excluding hydrogens is 520 g/mol. The first kappa shape index (κ1) is 31.5. The molecule has 0 fully saturated rings. The second-order valence-electron chi connectivity index (χ2n) is 7.48. The van der Waals surface area contributed by atoms with Gasteiger partial charge >= 0.3 is 5.97 Å². The zero-order valence-corrected chi connectivity index (χ0v) is 22.0. The molecule has 0 saturated carbocycles. The normalized spacial score (nSPS) is 11.4. The molecule has 0 unspecified atom stereocenters. The standard InChI is InChI=1S/C26H34O11S/c27-25(23-7-3-1-4-8-23)26(28)36-21-19-34-17-15-32-13-11-31-12-14-33-16-18-35-20-22-37-38(29,30)24-9-5-2-6-10-24/h1-10H,11-22H2. The first-order valence-corrected chi connectivity index (χ1v) is 13.5. The smallest absolute Gasteiger partial charge is 0.379 e. The van der Waals surface area contributed by atoms with Gasteiger partial charge in [-0.3, -0.25) is 8.98 Å². The van der Waals surface area contributed by atoms with E-state index in [2.05, 4.69) is 0 Å². The number of carbonyl (C=O) groups is 2. The highest BCUT2D eigenvalue weighted by atomic mass is 32.2. The quantitative estimate of drug-likeness (QED) is 0.0695. The van der Waals surface area contributed by atoms with Crippen molar-refractivity contribution in [3.8, 4) is 0 Å². The van der Waals surface area contributed by atoms with Crippen LogP contribution >= 0.6 is 0 Å². The summed E-state index contributed by atoms with van der Waals surface area (Å²) in [6.07, 6.45) is 0. The van der Waals surface area contributed by atoms with Crippen LogP contribution in [0.25, 0.3) is 0 Å². The van der Waals surface area contributed by atoms with Crippen LogP contribution in [0.4, 0.5) is 0 Å². The third kappa shape index (κ3) is 13.7. The third-order valence-corrected chi connectivity index (χ3v) is 5.99. The Morgan fingerprint density at radius 2 is 0.921 bits per heavy atom. The van der Waals surface area contributed by atoms with Gasteiger partial charge in [0, 0.05) is 5.56 Å². The molecule has 0 heterocycles. The summed E-state index contributed by atoms with van der Waals surface area (Å²) in [6.45, 7) is 3.08. The minimum absolute atomic E-state index is 0.0183. The third-order valence-electron chi connectivity index (χ3n) is 4.67. The minimum Gasteiger partial charge on any atom is -0.457 e. The largest absolute Gasteiger partial charge is 0.457 e. The Labute approximate surface area is 223 Å². The van der Waals surface area contributed by atoms with E-state index in [1.807, 2.05) is 0 Å². The van der Waals surface area contributed by atoms with Gasteiger partial charge in [0.05, 0.1) is 77.6 Å². The number of hydrogen-bond donors (Lipinski definition) is 0. The number of ether oxygens (including phenoxy) is 6. The maximum absolute atomic E-state index is 11.9. The molecule has 0 spiro atoms. The van der Waals surface area contributed by atoms with E-state index in [9.17, 15) is 18.0 Å². The van der Waals surface area contributed by atoms with Gasteiger partial charge in [0.25, 0.3) is 15.9 Å². The van der Waals surface area contributed by atoms with Gasteiger partial charge < -0.3 is 28.4 Å². The van der Waals surface area contributed by atoms with E-state index in [4.69, 9.17) is 32.6 Å². The number of carbonyl (C=O) groups excluding carboxylic acids is 2. The Balaban J connectivity index is 1.29. The van der Waals surface area contributed by atoms with Crippen LogP contribution in [0, 0.1) is 0 Å². The van der Waals surface area contributed by atoms with Gasteiger partial charge in [-0.1, -0.05) is 48.5 Å². The van der Waals surface area contributed by atoms with Crippen molar-refractivity contribution < 1.29 is 50.6 Å². The molecule has 210 valence electrons. The van der Waals surface area contributed by atoms with Crippen molar-refractivity contribution in [1.82, 2.24) is 0 Å². The van der Waals surface area contributed by atoms with E-state index < -0.39 is 21.9 Å². The molecule has 2 aromatic rings. The summed E-state index contributed by atoms with van der Waals surface area (Å²) in [6, 6.07) is 16.1. The lowest BCUT2D eigenvalue weighted by molar-refractivity contribution is -0.139. The molecule has 38 heavy (non-hydrogen) atoms. The maximum atomic E-state index is 11.9. The average Bonchev–Trinajstić information content (AvgIpc) is 2.94. The van der Waals surface area contributed by atoms with Crippen LogP contribution in [0.3, 0.4) is 0 Å². The Kier molecular flexibility index (Phi) is 16.1. The van der Waals surface area contributed by atoms with Gasteiger partial charge in [0.1, 0.15) is 6.61 Å². The van der Waals surface area contributed by atoms with Crippen LogP contribution < -0.4 is 0 Å². The van der Waals surface area contributed by atoms with Gasteiger partial charge in [0.15, 0.2) is 0 Å². The fourth-order valence-corrected chi connectivity index (χ4v) is 3.72. The fraction of sp³-hybridized carbons (Fsp3) is 0.462. The topological polar surface area (TPSA) is 133 Å². The molecule has 0 aliphatic carbocycles. The minimum atomic E-state index is -3.77. The molecule has 2 rings (SSSR count). The molecule has 0 bridgehead atoms. The SMILES string of the molecule is O=C(OCCOCCOCCOCCOCCOCCOS(=O)(=O)c1ccccc1)C(=O)c1ccccc1. The summed E-state index contributed by atoms with van der Waals surface area (Å²) in [7, 11) is -3.77. The molecule has 0 amide bonds. The van der Waals surface area contributed by atoms with Gasteiger partial charge in [-0.05, 0) is 12.1 Å². The highest BCUT2D eigenvalue weighted by molar-refractivity contribution is 7.86. The molecule has 0 radical (unpaired) electrons. The van der Waals surface area contributed by atoms with Crippen molar-refractivity contribution in [2.24, 2.45) is 0 Å². The first-order valence-electron chi connectivity index (χ1n) is 12.1. The Morgan fingerprint density at radius 3 is 1.39 bits per heavy atom. The molecule has 12 heteroatoms. The predicted octanol–water partition coefficient (Wildman–Crippen LogP) is 1.90. The van der Waals surface area contributed by atoms with Crippen LogP contribution in [0.2, 0.25) is 0 Å². The Bertz CT molecular complexity index is 1010. The molecule has 0 N–H and O–H groups in total. The lowest BCUT2D eigenvalue weighted by atomic mass is 10.1. The highest BCUT2D eigenvalue weighted by Gasteiger charge is 2.17. The summed E-state index contributed by atoms with van der Waals surface area (Å²) >= 11 is 0. The van der Waals surface area contributed by atoms with Crippen LogP contribution in [0.1, 0.15) is 10.4 Å². The van der Waals surface area contributed by atoms with E-state index in [0.29, 0.717) is 52.9 Å². The Morgan fingerprint density at radius 1 is 0.526 bits per heavy atom. The van der Waals surface area contributed by atoms with Crippen molar-refractivity contribution in [3.05, 3.63) is 66.2 Å². The zero-order valence-electron chi connectivity index (χ0n) is 21.2. The van der Waals surface area contributed by atoms with Crippen molar-refractivity contribution in [2.75, 3.05) is 79.3 Å². The number of hydrogen-bond acceptors (Lipinski definition) is 11. The number of ketones is 1. The molecule has 2 aromatic carbocycles. The molecule has 0 atom stereocenters. The van der Waals surface area contributed by atoms with Gasteiger partial charge in [-0.2, -0.15) is 8.42 Å².